The molecule has 2 aromatic heterocycles. The van der Waals surface area contributed by atoms with Gasteiger partial charge in [0.15, 0.2) is 5.65 Å². The van der Waals surface area contributed by atoms with E-state index in [4.69, 9.17) is 10.8 Å². The van der Waals surface area contributed by atoms with E-state index < -0.39 is 0 Å². The summed E-state index contributed by atoms with van der Waals surface area (Å²) in [4.78, 5) is 4.16. The fourth-order valence-corrected chi connectivity index (χ4v) is 3.03. The largest absolute Gasteiger partial charge is 0.400 e. The van der Waals surface area contributed by atoms with Gasteiger partial charge in [0.2, 0.25) is 0 Å². The van der Waals surface area contributed by atoms with Crippen LogP contribution in [-0.2, 0) is 0 Å². The number of fused-ring (bicyclic) bond motifs is 1. The topological polar surface area (TPSA) is 76.4 Å². The molecule has 5 nitrogen and oxygen atoms in total. The summed E-state index contributed by atoms with van der Waals surface area (Å²) in [6, 6.07) is 1.80. The second-order valence-corrected chi connectivity index (χ2v) is 6.25. The van der Waals surface area contributed by atoms with E-state index in [1.165, 1.54) is 38.5 Å². The van der Waals surface area contributed by atoms with Crippen LogP contribution in [0.5, 0.6) is 0 Å². The summed E-state index contributed by atoms with van der Waals surface area (Å²) in [6.07, 6.45) is 12.7. The molecule has 0 saturated heterocycles. The highest BCUT2D eigenvalue weighted by molar-refractivity contribution is 9.10. The van der Waals surface area contributed by atoms with Crippen molar-refractivity contribution in [2.24, 2.45) is 0 Å². The molecule has 0 bridgehead atoms. The van der Waals surface area contributed by atoms with Crippen molar-refractivity contribution in [1.82, 2.24) is 14.6 Å². The fraction of sp³-hybridized carbons (Fsp3) is 0.571. The standard InChI is InChI=1S/C7H7BrN4S.C6H12.CH4O/c1-13-6-2-5(9)11-7-4(8)3-10-12(6)7;1-2-4-6-5-3-1;1-2/h2-3H,1H3,(H2,9,11);1-6H2;2H,1H3. The number of thioether (sulfide) groups is 1. The van der Waals surface area contributed by atoms with Gasteiger partial charge >= 0.3 is 0 Å². The molecular weight excluding hydrogens is 352 g/mol. The number of rotatable bonds is 1. The van der Waals surface area contributed by atoms with Gasteiger partial charge in [-0.1, -0.05) is 38.5 Å². The first kappa shape index (κ1) is 18.3. The van der Waals surface area contributed by atoms with Crippen LogP contribution in [0.15, 0.2) is 21.8 Å². The maximum atomic E-state index is 7.00. The molecule has 0 atom stereocenters. The van der Waals surface area contributed by atoms with Crippen molar-refractivity contribution in [1.29, 1.82) is 0 Å². The molecule has 21 heavy (non-hydrogen) atoms. The number of anilines is 1. The molecule has 2 heterocycles. The first-order valence-electron chi connectivity index (χ1n) is 7.01. The first-order chi connectivity index (χ1) is 10.2. The molecule has 0 radical (unpaired) electrons. The van der Waals surface area contributed by atoms with Gasteiger partial charge in [-0.3, -0.25) is 0 Å². The average Bonchev–Trinajstić information content (AvgIpc) is 2.92. The SMILES string of the molecule is C1CCCCC1.CO.CSc1cc(N)nc2c(Br)cnn12. The number of aromatic nitrogens is 3. The molecule has 0 aliphatic heterocycles. The fourth-order valence-electron chi connectivity index (χ4n) is 2.13. The van der Waals surface area contributed by atoms with Crippen LogP contribution in [0.1, 0.15) is 38.5 Å². The van der Waals surface area contributed by atoms with E-state index in [0.29, 0.717) is 5.82 Å². The zero-order chi connectivity index (χ0) is 15.7. The molecule has 1 aliphatic carbocycles. The molecule has 0 spiro atoms. The number of hydrogen-bond acceptors (Lipinski definition) is 5. The highest BCUT2D eigenvalue weighted by atomic mass is 79.9. The van der Waals surface area contributed by atoms with Crippen LogP contribution in [0.4, 0.5) is 5.82 Å². The van der Waals surface area contributed by atoms with Gasteiger partial charge in [-0.2, -0.15) is 5.10 Å². The van der Waals surface area contributed by atoms with Gasteiger partial charge in [-0.15, -0.1) is 11.8 Å². The lowest BCUT2D eigenvalue weighted by molar-refractivity contribution is 0.399. The number of hydrogen-bond donors (Lipinski definition) is 2. The van der Waals surface area contributed by atoms with Crippen molar-refractivity contribution in [3.8, 4) is 0 Å². The van der Waals surface area contributed by atoms with Gasteiger partial charge in [0.05, 0.1) is 10.7 Å². The summed E-state index contributed by atoms with van der Waals surface area (Å²) in [5.41, 5.74) is 6.40. The molecule has 7 heteroatoms. The van der Waals surface area contributed by atoms with Gasteiger partial charge in [0.1, 0.15) is 10.8 Å². The molecule has 0 aromatic carbocycles. The van der Waals surface area contributed by atoms with Gasteiger partial charge in [0, 0.05) is 13.2 Å². The molecule has 1 saturated carbocycles. The molecule has 3 N–H and O–H groups in total. The second kappa shape index (κ2) is 10.0. The van der Waals surface area contributed by atoms with Crippen LogP contribution in [0.3, 0.4) is 0 Å². The highest BCUT2D eigenvalue weighted by Crippen LogP contribution is 2.22. The minimum atomic E-state index is 0.512. The minimum Gasteiger partial charge on any atom is -0.400 e. The van der Waals surface area contributed by atoms with E-state index in [0.717, 1.165) is 22.3 Å². The van der Waals surface area contributed by atoms with Crippen molar-refractivity contribution in [2.75, 3.05) is 19.1 Å². The Balaban J connectivity index is 0.000000231. The third kappa shape index (κ3) is 5.48. The van der Waals surface area contributed by atoms with Gasteiger partial charge in [-0.05, 0) is 22.2 Å². The molecule has 0 unspecified atom stereocenters. The molecule has 118 valence electrons. The molecule has 3 rings (SSSR count). The Bertz CT molecular complexity index is 531. The van der Waals surface area contributed by atoms with E-state index in [9.17, 15) is 0 Å². The minimum absolute atomic E-state index is 0.512. The van der Waals surface area contributed by atoms with E-state index in [2.05, 4.69) is 26.0 Å². The van der Waals surface area contributed by atoms with Crippen molar-refractivity contribution in [2.45, 2.75) is 43.6 Å². The van der Waals surface area contributed by atoms with Crippen molar-refractivity contribution in [3.05, 3.63) is 16.7 Å². The van der Waals surface area contributed by atoms with Gasteiger partial charge < -0.3 is 10.8 Å². The van der Waals surface area contributed by atoms with Crippen LogP contribution in [-0.4, -0.2) is 33.1 Å². The Morgan fingerprint density at radius 3 is 2.19 bits per heavy atom. The summed E-state index contributed by atoms with van der Waals surface area (Å²) in [5, 5.41) is 12.1. The Labute approximate surface area is 138 Å². The van der Waals surface area contributed by atoms with Crippen LogP contribution in [0.25, 0.3) is 5.65 Å². The number of nitrogens with two attached hydrogens (primary N) is 1. The number of nitrogens with zero attached hydrogens (tertiary/aromatic N) is 3. The zero-order valence-corrected chi connectivity index (χ0v) is 15.0. The summed E-state index contributed by atoms with van der Waals surface area (Å²) in [7, 11) is 1.00. The maximum Gasteiger partial charge on any atom is 0.172 e. The Morgan fingerprint density at radius 2 is 1.71 bits per heavy atom. The predicted molar refractivity (Wildman–Crippen MR) is 92.7 cm³/mol. The van der Waals surface area contributed by atoms with Crippen molar-refractivity contribution in [3.63, 3.8) is 0 Å². The smallest absolute Gasteiger partial charge is 0.172 e. The molecule has 2 aromatic rings. The van der Waals surface area contributed by atoms with E-state index in [-0.39, 0.29) is 0 Å². The third-order valence-electron chi connectivity index (χ3n) is 3.13. The molecule has 1 fully saturated rings. The quantitative estimate of drug-likeness (QED) is 0.587. The van der Waals surface area contributed by atoms with E-state index in [1.807, 2.05) is 6.26 Å². The second-order valence-electron chi connectivity index (χ2n) is 4.57. The lowest BCUT2D eigenvalue weighted by Gasteiger charge is -2.05. The number of aliphatic hydroxyl groups is 1. The lowest BCUT2D eigenvalue weighted by atomic mass is 10.0. The molecule has 0 amide bonds. The van der Waals surface area contributed by atoms with E-state index in [1.54, 1.807) is 28.5 Å². The summed E-state index contributed by atoms with van der Waals surface area (Å²) < 4.78 is 2.61. The summed E-state index contributed by atoms with van der Waals surface area (Å²) in [6.45, 7) is 0. The average molecular weight is 375 g/mol. The normalized spacial score (nSPS) is 13.9. The number of nitrogen functional groups attached to an aromatic ring is 1. The maximum absolute atomic E-state index is 7.00. The van der Waals surface area contributed by atoms with Gasteiger partial charge in [0.25, 0.3) is 0 Å². The highest BCUT2D eigenvalue weighted by Gasteiger charge is 2.07. The van der Waals surface area contributed by atoms with Crippen molar-refractivity contribution < 1.29 is 5.11 Å². The Kier molecular flexibility index (Phi) is 8.72. The van der Waals surface area contributed by atoms with Crippen LogP contribution < -0.4 is 5.73 Å². The third-order valence-corrected chi connectivity index (χ3v) is 4.39. The van der Waals surface area contributed by atoms with Crippen molar-refractivity contribution >= 4 is 39.2 Å². The predicted octanol–water partition coefficient (Wildman–Crippen LogP) is 3.75. The number of halogens is 1. The molecule has 1 aliphatic rings. The summed E-state index contributed by atoms with van der Waals surface area (Å²) >= 11 is 4.94. The van der Waals surface area contributed by atoms with E-state index >= 15 is 0 Å². The summed E-state index contributed by atoms with van der Waals surface area (Å²) in [5.74, 6) is 0.512. The van der Waals surface area contributed by atoms with Gasteiger partial charge in [-0.25, -0.2) is 9.50 Å². The Hall–Kier alpha value is -0.790. The number of aliphatic hydroxyl groups excluding tert-OH is 1. The van der Waals surface area contributed by atoms with Crippen LogP contribution in [0.2, 0.25) is 0 Å². The Morgan fingerprint density at radius 1 is 1.19 bits per heavy atom. The lowest BCUT2D eigenvalue weighted by Crippen LogP contribution is -1.98. The van der Waals surface area contributed by atoms with Crippen LogP contribution in [0, 0.1) is 0 Å². The van der Waals surface area contributed by atoms with Crippen LogP contribution >= 0.6 is 27.7 Å². The first-order valence-corrected chi connectivity index (χ1v) is 9.02. The zero-order valence-electron chi connectivity index (χ0n) is 12.5. The molecular formula is C14H23BrN4OS. The monoisotopic (exact) mass is 374 g/mol.